The van der Waals surface area contributed by atoms with Crippen molar-refractivity contribution in [2.75, 3.05) is 42.5 Å². The van der Waals surface area contributed by atoms with Gasteiger partial charge >= 0.3 is 0 Å². The van der Waals surface area contributed by atoms with Crippen molar-refractivity contribution < 1.29 is 9.59 Å². The van der Waals surface area contributed by atoms with Gasteiger partial charge in [0, 0.05) is 51.4 Å². The minimum absolute atomic E-state index is 0.0888. The lowest BCUT2D eigenvalue weighted by molar-refractivity contribution is -0.129. The standard InChI is InChI=1S/C20H23N5O2/c1-14-21-17(20(27)25-8-7-16-5-3-4-6-18(16)25)13-19(22-14)24-11-9-23(10-12-24)15(2)26/h3-6,13H,7-12H2,1-2H3. The molecule has 4 rings (SSSR count). The molecule has 1 aromatic carbocycles. The van der Waals surface area contributed by atoms with Crippen molar-refractivity contribution in [3.8, 4) is 0 Å². The molecule has 140 valence electrons. The first-order valence-corrected chi connectivity index (χ1v) is 9.29. The highest BCUT2D eigenvalue weighted by molar-refractivity contribution is 6.06. The van der Waals surface area contributed by atoms with Crippen molar-refractivity contribution in [1.82, 2.24) is 14.9 Å². The summed E-state index contributed by atoms with van der Waals surface area (Å²) in [7, 11) is 0. The molecule has 2 amide bonds. The van der Waals surface area contributed by atoms with Gasteiger partial charge in [-0.15, -0.1) is 0 Å². The van der Waals surface area contributed by atoms with Crippen LogP contribution in [-0.2, 0) is 11.2 Å². The number of benzene rings is 1. The molecule has 0 saturated carbocycles. The fraction of sp³-hybridized carbons (Fsp3) is 0.400. The van der Waals surface area contributed by atoms with E-state index in [1.807, 2.05) is 30.0 Å². The first-order valence-electron chi connectivity index (χ1n) is 9.29. The van der Waals surface area contributed by atoms with Crippen molar-refractivity contribution >= 4 is 23.3 Å². The maximum absolute atomic E-state index is 13.1. The summed E-state index contributed by atoms with van der Waals surface area (Å²) >= 11 is 0. The van der Waals surface area contributed by atoms with Crippen molar-refractivity contribution in [3.05, 3.63) is 47.4 Å². The maximum Gasteiger partial charge on any atom is 0.277 e. The van der Waals surface area contributed by atoms with Gasteiger partial charge in [-0.25, -0.2) is 9.97 Å². The fourth-order valence-corrected chi connectivity index (χ4v) is 3.76. The maximum atomic E-state index is 13.1. The topological polar surface area (TPSA) is 69.6 Å². The molecule has 0 N–H and O–H groups in total. The van der Waals surface area contributed by atoms with Gasteiger partial charge in [0.1, 0.15) is 17.3 Å². The average molecular weight is 365 g/mol. The van der Waals surface area contributed by atoms with Gasteiger partial charge in [-0.05, 0) is 25.0 Å². The quantitative estimate of drug-likeness (QED) is 0.810. The predicted octanol–water partition coefficient (Wildman–Crippen LogP) is 1.66. The van der Waals surface area contributed by atoms with Gasteiger partial charge in [0.2, 0.25) is 5.91 Å². The number of carbonyl (C=O) groups is 2. The van der Waals surface area contributed by atoms with E-state index in [9.17, 15) is 9.59 Å². The lowest BCUT2D eigenvalue weighted by Crippen LogP contribution is -2.48. The summed E-state index contributed by atoms with van der Waals surface area (Å²) in [6.45, 7) is 6.82. The van der Waals surface area contributed by atoms with Crippen molar-refractivity contribution in [1.29, 1.82) is 0 Å². The molecule has 0 spiro atoms. The third kappa shape index (κ3) is 3.37. The molecule has 0 aliphatic carbocycles. The van der Waals surface area contributed by atoms with Crippen LogP contribution in [0.3, 0.4) is 0 Å². The number of nitrogens with zero attached hydrogens (tertiary/aromatic N) is 5. The largest absolute Gasteiger partial charge is 0.353 e. The Labute approximate surface area is 158 Å². The first kappa shape index (κ1) is 17.5. The number of fused-ring (bicyclic) bond motifs is 1. The van der Waals surface area contributed by atoms with E-state index in [-0.39, 0.29) is 11.8 Å². The first-order chi connectivity index (χ1) is 13.0. The van der Waals surface area contributed by atoms with E-state index in [0.29, 0.717) is 44.2 Å². The molecule has 2 aromatic rings. The molecule has 7 nitrogen and oxygen atoms in total. The summed E-state index contributed by atoms with van der Waals surface area (Å²) in [4.78, 5) is 39.3. The van der Waals surface area contributed by atoms with E-state index in [0.717, 1.165) is 17.9 Å². The van der Waals surface area contributed by atoms with E-state index in [4.69, 9.17) is 0 Å². The zero-order valence-electron chi connectivity index (χ0n) is 15.7. The summed E-state index contributed by atoms with van der Waals surface area (Å²) in [6.07, 6.45) is 0.867. The average Bonchev–Trinajstić information content (AvgIpc) is 3.11. The van der Waals surface area contributed by atoms with Crippen LogP contribution in [-0.4, -0.2) is 59.4 Å². The number of hydrogen-bond donors (Lipinski definition) is 0. The molecule has 0 radical (unpaired) electrons. The Bertz CT molecular complexity index is 890. The molecular formula is C20H23N5O2. The highest BCUT2D eigenvalue weighted by Crippen LogP contribution is 2.29. The highest BCUT2D eigenvalue weighted by Gasteiger charge is 2.27. The zero-order chi connectivity index (χ0) is 19.0. The van der Waals surface area contributed by atoms with E-state index in [1.54, 1.807) is 17.9 Å². The minimum Gasteiger partial charge on any atom is -0.353 e. The predicted molar refractivity (Wildman–Crippen MR) is 103 cm³/mol. The van der Waals surface area contributed by atoms with Crippen LogP contribution in [0, 0.1) is 6.92 Å². The summed E-state index contributed by atoms with van der Waals surface area (Å²) in [5.41, 5.74) is 2.58. The van der Waals surface area contributed by atoms with Gasteiger partial charge < -0.3 is 14.7 Å². The van der Waals surface area contributed by atoms with Crippen LogP contribution in [0.15, 0.2) is 30.3 Å². The molecular weight excluding hydrogens is 342 g/mol. The summed E-state index contributed by atoms with van der Waals surface area (Å²) in [6, 6.07) is 9.78. The monoisotopic (exact) mass is 365 g/mol. The van der Waals surface area contributed by atoms with Gasteiger partial charge in [0.05, 0.1) is 0 Å². The van der Waals surface area contributed by atoms with Gasteiger partial charge in [0.15, 0.2) is 0 Å². The summed E-state index contributed by atoms with van der Waals surface area (Å²) < 4.78 is 0. The van der Waals surface area contributed by atoms with Crippen LogP contribution in [0.4, 0.5) is 11.5 Å². The van der Waals surface area contributed by atoms with E-state index in [1.165, 1.54) is 5.56 Å². The normalized spacial score (nSPS) is 16.4. The Hall–Kier alpha value is -2.96. The molecule has 0 atom stereocenters. The molecule has 2 aliphatic heterocycles. The molecule has 3 heterocycles. The summed E-state index contributed by atoms with van der Waals surface area (Å²) in [5, 5.41) is 0. The number of aryl methyl sites for hydroxylation is 1. The van der Waals surface area contributed by atoms with Gasteiger partial charge in [-0.1, -0.05) is 18.2 Å². The number of amides is 2. The lowest BCUT2D eigenvalue weighted by atomic mass is 10.2. The van der Waals surface area contributed by atoms with E-state index in [2.05, 4.69) is 20.9 Å². The third-order valence-electron chi connectivity index (χ3n) is 5.22. The Balaban J connectivity index is 1.56. The molecule has 1 saturated heterocycles. The van der Waals surface area contributed by atoms with Gasteiger partial charge in [-0.2, -0.15) is 0 Å². The minimum atomic E-state index is -0.0888. The third-order valence-corrected chi connectivity index (χ3v) is 5.22. The molecule has 0 bridgehead atoms. The summed E-state index contributed by atoms with van der Waals surface area (Å²) in [5.74, 6) is 1.34. The van der Waals surface area contributed by atoms with Crippen molar-refractivity contribution in [3.63, 3.8) is 0 Å². The Kier molecular flexibility index (Phi) is 4.51. The Morgan fingerprint density at radius 2 is 1.74 bits per heavy atom. The number of aromatic nitrogens is 2. The number of para-hydroxylation sites is 1. The number of piperazine rings is 1. The molecule has 1 aromatic heterocycles. The molecule has 0 unspecified atom stereocenters. The van der Waals surface area contributed by atoms with Crippen LogP contribution in [0.1, 0.15) is 28.8 Å². The SMILES string of the molecule is CC(=O)N1CCN(c2cc(C(=O)N3CCc4ccccc43)nc(C)n2)CC1. The Morgan fingerprint density at radius 3 is 2.48 bits per heavy atom. The number of carbonyl (C=O) groups excluding carboxylic acids is 2. The van der Waals surface area contributed by atoms with Crippen LogP contribution in [0.2, 0.25) is 0 Å². The highest BCUT2D eigenvalue weighted by atomic mass is 16.2. The molecule has 2 aliphatic rings. The van der Waals surface area contributed by atoms with Crippen LogP contribution in [0.25, 0.3) is 0 Å². The molecule has 7 heteroatoms. The second-order valence-electron chi connectivity index (χ2n) is 6.99. The number of rotatable bonds is 2. The molecule has 1 fully saturated rings. The Morgan fingerprint density at radius 1 is 1.00 bits per heavy atom. The van der Waals surface area contributed by atoms with Crippen LogP contribution in [0.5, 0.6) is 0 Å². The second kappa shape index (κ2) is 6.98. The fourth-order valence-electron chi connectivity index (χ4n) is 3.76. The van der Waals surface area contributed by atoms with Crippen LogP contribution < -0.4 is 9.80 Å². The lowest BCUT2D eigenvalue weighted by Gasteiger charge is -2.35. The number of hydrogen-bond acceptors (Lipinski definition) is 5. The van der Waals surface area contributed by atoms with Crippen molar-refractivity contribution in [2.24, 2.45) is 0 Å². The second-order valence-corrected chi connectivity index (χ2v) is 6.99. The van der Waals surface area contributed by atoms with Crippen molar-refractivity contribution in [2.45, 2.75) is 20.3 Å². The zero-order valence-corrected chi connectivity index (χ0v) is 15.7. The van der Waals surface area contributed by atoms with Gasteiger partial charge in [0.25, 0.3) is 5.91 Å². The van der Waals surface area contributed by atoms with Gasteiger partial charge in [-0.3, -0.25) is 9.59 Å². The molecule has 27 heavy (non-hydrogen) atoms. The van der Waals surface area contributed by atoms with Crippen LogP contribution >= 0.6 is 0 Å². The van der Waals surface area contributed by atoms with E-state index >= 15 is 0 Å². The smallest absolute Gasteiger partial charge is 0.277 e. The number of anilines is 2. The van der Waals surface area contributed by atoms with E-state index < -0.39 is 0 Å².